The molecule has 84 valence electrons. The summed E-state index contributed by atoms with van der Waals surface area (Å²) in [4.78, 5) is 4.27. The maximum atomic E-state index is 5.42. The van der Waals surface area contributed by atoms with Crippen LogP contribution in [0.3, 0.4) is 0 Å². The van der Waals surface area contributed by atoms with Crippen molar-refractivity contribution in [1.82, 2.24) is 10.1 Å². The largest absolute Gasteiger partial charge is 0.339 e. The van der Waals surface area contributed by atoms with E-state index in [0.29, 0.717) is 24.7 Å². The fourth-order valence-electron chi connectivity index (χ4n) is 1.49. The van der Waals surface area contributed by atoms with Crippen LogP contribution in [0, 0.1) is 0 Å². The number of nitrogens with zero attached hydrogens (tertiary/aromatic N) is 2. The van der Waals surface area contributed by atoms with Gasteiger partial charge in [-0.2, -0.15) is 4.98 Å². The highest BCUT2D eigenvalue weighted by Crippen LogP contribution is 2.16. The molecule has 1 heterocycles. The van der Waals surface area contributed by atoms with E-state index < -0.39 is 0 Å². The highest BCUT2D eigenvalue weighted by Gasteiger charge is 2.07. The van der Waals surface area contributed by atoms with E-state index in [0.717, 1.165) is 12.0 Å². The average Bonchev–Trinajstić information content (AvgIpc) is 2.78. The summed E-state index contributed by atoms with van der Waals surface area (Å²) in [7, 11) is 0. The van der Waals surface area contributed by atoms with Gasteiger partial charge in [-0.15, -0.1) is 0 Å². The summed E-state index contributed by atoms with van der Waals surface area (Å²) >= 11 is 0. The van der Waals surface area contributed by atoms with Crippen LogP contribution >= 0.6 is 0 Å². The van der Waals surface area contributed by atoms with Crippen molar-refractivity contribution in [3.63, 3.8) is 0 Å². The minimum Gasteiger partial charge on any atom is -0.339 e. The van der Waals surface area contributed by atoms with Gasteiger partial charge in [0.1, 0.15) is 0 Å². The molecule has 1 aromatic carbocycles. The topological polar surface area (TPSA) is 64.9 Å². The zero-order valence-corrected chi connectivity index (χ0v) is 9.31. The van der Waals surface area contributed by atoms with Crippen LogP contribution in [-0.4, -0.2) is 16.7 Å². The molecule has 0 aliphatic heterocycles. The molecule has 0 amide bonds. The first-order chi connectivity index (χ1) is 7.83. The molecular formula is C12H15N3O. The van der Waals surface area contributed by atoms with Crippen LogP contribution < -0.4 is 5.73 Å². The van der Waals surface area contributed by atoms with Gasteiger partial charge in [0.05, 0.1) is 0 Å². The molecule has 0 fully saturated rings. The van der Waals surface area contributed by atoms with E-state index in [1.54, 1.807) is 0 Å². The lowest BCUT2D eigenvalue weighted by molar-refractivity contribution is 0.380. The maximum absolute atomic E-state index is 5.42. The van der Waals surface area contributed by atoms with Crippen molar-refractivity contribution >= 4 is 0 Å². The number of hydrogen-bond acceptors (Lipinski definition) is 4. The summed E-state index contributed by atoms with van der Waals surface area (Å²) in [5.41, 5.74) is 7.70. The van der Waals surface area contributed by atoms with Crippen molar-refractivity contribution in [2.24, 2.45) is 5.73 Å². The first-order valence-electron chi connectivity index (χ1n) is 5.45. The lowest BCUT2D eigenvalue weighted by Gasteiger charge is -1.97. The SMILES string of the molecule is CCc1ccc(-c2noc(CCN)n2)cc1. The minimum absolute atomic E-state index is 0.524. The van der Waals surface area contributed by atoms with Gasteiger partial charge in [0.25, 0.3) is 0 Å². The Bertz CT molecular complexity index is 448. The number of aromatic nitrogens is 2. The molecule has 2 aromatic rings. The van der Waals surface area contributed by atoms with E-state index in [1.165, 1.54) is 5.56 Å². The highest BCUT2D eigenvalue weighted by molar-refractivity contribution is 5.54. The standard InChI is InChI=1S/C12H15N3O/c1-2-9-3-5-10(6-4-9)12-14-11(7-8-13)16-15-12/h3-6H,2,7-8,13H2,1H3. The third-order valence-electron chi connectivity index (χ3n) is 2.45. The Balaban J connectivity index is 2.21. The van der Waals surface area contributed by atoms with E-state index in [-0.39, 0.29) is 0 Å². The molecule has 0 aliphatic rings. The molecule has 4 nitrogen and oxygen atoms in total. The van der Waals surface area contributed by atoms with Crippen molar-refractivity contribution in [3.8, 4) is 11.4 Å². The minimum atomic E-state index is 0.524. The normalized spacial score (nSPS) is 10.6. The molecule has 0 saturated carbocycles. The molecule has 0 spiro atoms. The summed E-state index contributed by atoms with van der Waals surface area (Å²) in [5.74, 6) is 1.23. The fourth-order valence-corrected chi connectivity index (χ4v) is 1.49. The number of benzene rings is 1. The van der Waals surface area contributed by atoms with Gasteiger partial charge in [-0.05, 0) is 12.0 Å². The van der Waals surface area contributed by atoms with Crippen LogP contribution in [-0.2, 0) is 12.8 Å². The Kier molecular flexibility index (Phi) is 3.31. The van der Waals surface area contributed by atoms with Crippen molar-refractivity contribution in [2.75, 3.05) is 6.54 Å². The number of hydrogen-bond donors (Lipinski definition) is 1. The zero-order chi connectivity index (χ0) is 11.4. The summed E-state index contributed by atoms with van der Waals surface area (Å²) in [6.07, 6.45) is 1.66. The van der Waals surface area contributed by atoms with Gasteiger partial charge in [0.15, 0.2) is 0 Å². The Morgan fingerprint density at radius 3 is 2.62 bits per heavy atom. The summed E-state index contributed by atoms with van der Waals surface area (Å²) < 4.78 is 5.07. The number of nitrogens with two attached hydrogens (primary N) is 1. The molecule has 0 atom stereocenters. The van der Waals surface area contributed by atoms with Crippen molar-refractivity contribution in [1.29, 1.82) is 0 Å². The Hall–Kier alpha value is -1.68. The Morgan fingerprint density at radius 1 is 1.25 bits per heavy atom. The maximum Gasteiger partial charge on any atom is 0.228 e. The highest BCUT2D eigenvalue weighted by atomic mass is 16.5. The van der Waals surface area contributed by atoms with Gasteiger partial charge in [0, 0.05) is 18.5 Å². The second-order valence-corrected chi connectivity index (χ2v) is 3.60. The van der Waals surface area contributed by atoms with Gasteiger partial charge in [0.2, 0.25) is 11.7 Å². The molecule has 0 radical (unpaired) electrons. The molecule has 2 rings (SSSR count). The number of aryl methyl sites for hydroxylation is 1. The van der Waals surface area contributed by atoms with Gasteiger partial charge < -0.3 is 10.3 Å². The molecule has 0 aliphatic carbocycles. The van der Waals surface area contributed by atoms with Gasteiger partial charge in [-0.1, -0.05) is 36.3 Å². The molecule has 16 heavy (non-hydrogen) atoms. The van der Waals surface area contributed by atoms with Crippen LogP contribution in [0.5, 0.6) is 0 Å². The average molecular weight is 217 g/mol. The molecule has 4 heteroatoms. The van der Waals surface area contributed by atoms with E-state index >= 15 is 0 Å². The van der Waals surface area contributed by atoms with E-state index in [2.05, 4.69) is 29.2 Å². The smallest absolute Gasteiger partial charge is 0.228 e. The molecular weight excluding hydrogens is 202 g/mol. The lowest BCUT2D eigenvalue weighted by Crippen LogP contribution is -2.02. The summed E-state index contributed by atoms with van der Waals surface area (Å²) in [5, 5.41) is 3.92. The van der Waals surface area contributed by atoms with Gasteiger partial charge >= 0.3 is 0 Å². The third kappa shape index (κ3) is 2.28. The third-order valence-corrected chi connectivity index (χ3v) is 2.45. The van der Waals surface area contributed by atoms with Crippen LogP contribution in [0.25, 0.3) is 11.4 Å². The van der Waals surface area contributed by atoms with Gasteiger partial charge in [-0.25, -0.2) is 0 Å². The fraction of sp³-hybridized carbons (Fsp3) is 0.333. The first-order valence-corrected chi connectivity index (χ1v) is 5.45. The van der Waals surface area contributed by atoms with Crippen molar-refractivity contribution < 1.29 is 4.52 Å². The predicted octanol–water partition coefficient (Wildman–Crippen LogP) is 1.80. The van der Waals surface area contributed by atoms with Crippen LogP contribution in [0.15, 0.2) is 28.8 Å². The van der Waals surface area contributed by atoms with Gasteiger partial charge in [-0.3, -0.25) is 0 Å². The van der Waals surface area contributed by atoms with E-state index in [1.807, 2.05) is 12.1 Å². The van der Waals surface area contributed by atoms with Crippen LogP contribution in [0.2, 0.25) is 0 Å². The van der Waals surface area contributed by atoms with E-state index in [4.69, 9.17) is 10.3 Å². The second kappa shape index (κ2) is 4.90. The van der Waals surface area contributed by atoms with Crippen molar-refractivity contribution in [2.45, 2.75) is 19.8 Å². The first kappa shape index (κ1) is 10.8. The Labute approximate surface area is 94.5 Å². The molecule has 0 bridgehead atoms. The molecule has 1 aromatic heterocycles. The monoisotopic (exact) mass is 217 g/mol. The predicted molar refractivity (Wildman–Crippen MR) is 61.9 cm³/mol. The molecule has 2 N–H and O–H groups in total. The van der Waals surface area contributed by atoms with Crippen LogP contribution in [0.1, 0.15) is 18.4 Å². The summed E-state index contributed by atoms with van der Waals surface area (Å²) in [6, 6.07) is 8.18. The summed E-state index contributed by atoms with van der Waals surface area (Å²) in [6.45, 7) is 2.65. The quantitative estimate of drug-likeness (QED) is 0.848. The number of rotatable bonds is 4. The lowest BCUT2D eigenvalue weighted by atomic mass is 10.1. The Morgan fingerprint density at radius 2 is 2.00 bits per heavy atom. The molecule has 0 unspecified atom stereocenters. The zero-order valence-electron chi connectivity index (χ0n) is 9.31. The molecule has 0 saturated heterocycles. The second-order valence-electron chi connectivity index (χ2n) is 3.60. The van der Waals surface area contributed by atoms with Crippen LogP contribution in [0.4, 0.5) is 0 Å². The van der Waals surface area contributed by atoms with Crippen molar-refractivity contribution in [3.05, 3.63) is 35.7 Å². The van der Waals surface area contributed by atoms with E-state index in [9.17, 15) is 0 Å².